The highest BCUT2D eigenvalue weighted by Gasteiger charge is 2.18. The highest BCUT2D eigenvalue weighted by molar-refractivity contribution is 14.1. The Labute approximate surface area is 95.0 Å². The average molecular weight is 366 g/mol. The van der Waals surface area contributed by atoms with Gasteiger partial charge in [-0.15, -0.1) is 0 Å². The zero-order chi connectivity index (χ0) is 10.0. The minimum absolute atomic E-state index is 0.203. The first-order valence-corrected chi connectivity index (χ1v) is 5.45. The highest BCUT2D eigenvalue weighted by Crippen LogP contribution is 2.24. The van der Waals surface area contributed by atoms with E-state index in [0.29, 0.717) is 3.70 Å². The molecule has 0 aliphatic carbocycles. The zero-order valence-corrected chi connectivity index (χ0v) is 9.94. The fourth-order valence-electron chi connectivity index (χ4n) is 0.810. The second kappa shape index (κ2) is 4.59. The van der Waals surface area contributed by atoms with E-state index in [1.807, 2.05) is 0 Å². The maximum atomic E-state index is 13.1. The molecule has 0 aliphatic heterocycles. The van der Waals surface area contributed by atoms with Crippen LogP contribution in [0.1, 0.15) is 17.7 Å². The van der Waals surface area contributed by atoms with Crippen molar-refractivity contribution >= 4 is 38.5 Å². The predicted molar refractivity (Wildman–Crippen MR) is 54.5 cm³/mol. The molecule has 72 valence electrons. The quantitative estimate of drug-likeness (QED) is 0.443. The topological polar surface area (TPSA) is 12.9 Å². The van der Waals surface area contributed by atoms with E-state index < -0.39 is 17.9 Å². The summed E-state index contributed by atoms with van der Waals surface area (Å²) in [7, 11) is 0. The third-order valence-corrected chi connectivity index (χ3v) is 2.53. The summed E-state index contributed by atoms with van der Waals surface area (Å²) in [5.74, 6) is -0.924. The van der Waals surface area contributed by atoms with E-state index in [4.69, 9.17) is 0 Å². The lowest BCUT2D eigenvalue weighted by molar-refractivity contribution is 0.140. The molecule has 13 heavy (non-hydrogen) atoms. The van der Waals surface area contributed by atoms with Crippen LogP contribution in [0.4, 0.5) is 13.2 Å². The van der Waals surface area contributed by atoms with Gasteiger partial charge in [0, 0.05) is 10.9 Å². The van der Waals surface area contributed by atoms with Gasteiger partial charge in [0.2, 0.25) is 0 Å². The lowest BCUT2D eigenvalue weighted by Crippen LogP contribution is -2.01. The van der Waals surface area contributed by atoms with E-state index in [0.717, 1.165) is 0 Å². The van der Waals surface area contributed by atoms with Gasteiger partial charge in [-0.25, -0.2) is 18.2 Å². The van der Waals surface area contributed by atoms with Crippen LogP contribution in [0, 0.1) is 9.52 Å². The molecule has 0 N–H and O–H groups in total. The molecule has 0 aromatic carbocycles. The smallest absolute Gasteiger partial charge is 0.238 e. The van der Waals surface area contributed by atoms with Crippen LogP contribution < -0.4 is 0 Å². The van der Waals surface area contributed by atoms with Gasteiger partial charge in [0.25, 0.3) is 6.43 Å². The van der Waals surface area contributed by atoms with Gasteiger partial charge < -0.3 is 0 Å². The monoisotopic (exact) mass is 365 g/mol. The molecule has 0 fully saturated rings. The molecule has 0 saturated carbocycles. The van der Waals surface area contributed by atoms with Crippen LogP contribution in [0.25, 0.3) is 0 Å². The predicted octanol–water partition coefficient (Wildman–Crippen LogP) is 3.66. The number of aromatic nitrogens is 1. The first-order chi connectivity index (χ1) is 6.06. The van der Waals surface area contributed by atoms with Gasteiger partial charge in [-0.05, 0) is 28.7 Å². The van der Waals surface area contributed by atoms with Crippen molar-refractivity contribution in [1.29, 1.82) is 0 Å². The van der Waals surface area contributed by atoms with Crippen molar-refractivity contribution in [2.75, 3.05) is 0 Å². The van der Waals surface area contributed by atoms with Crippen LogP contribution in [-0.2, 0) is 5.33 Å². The van der Waals surface area contributed by atoms with Crippen molar-refractivity contribution in [3.8, 4) is 0 Å². The number of nitrogens with zero attached hydrogens (tertiary/aromatic N) is 1. The molecular formula is C7H4BrF3IN. The van der Waals surface area contributed by atoms with Crippen LogP contribution in [0.2, 0.25) is 0 Å². The summed E-state index contributed by atoms with van der Waals surface area (Å²) >= 11 is 4.78. The van der Waals surface area contributed by atoms with E-state index >= 15 is 0 Å². The van der Waals surface area contributed by atoms with Gasteiger partial charge in [-0.2, -0.15) is 0 Å². The maximum absolute atomic E-state index is 13.1. The van der Waals surface area contributed by atoms with Crippen LogP contribution in [-0.4, -0.2) is 4.98 Å². The van der Waals surface area contributed by atoms with Gasteiger partial charge in [-0.3, -0.25) is 0 Å². The van der Waals surface area contributed by atoms with E-state index in [1.54, 1.807) is 22.6 Å². The standard InChI is InChI=1S/C7H4BrF3IN/c8-2-3-1-4(12)13-6(5(3)9)7(10)11/h1,7H,2H2. The second-order valence-corrected chi connectivity index (χ2v) is 3.90. The maximum Gasteiger partial charge on any atom is 0.283 e. The lowest BCUT2D eigenvalue weighted by atomic mass is 10.2. The SMILES string of the molecule is Fc1c(CBr)cc(I)nc1C(F)F. The number of alkyl halides is 3. The third-order valence-electron chi connectivity index (χ3n) is 1.38. The van der Waals surface area contributed by atoms with Crippen molar-refractivity contribution in [2.24, 2.45) is 0 Å². The summed E-state index contributed by atoms with van der Waals surface area (Å²) in [6, 6.07) is 1.43. The Balaban J connectivity index is 3.27. The summed E-state index contributed by atoms with van der Waals surface area (Å²) in [6.07, 6.45) is -2.87. The van der Waals surface area contributed by atoms with E-state index in [2.05, 4.69) is 20.9 Å². The molecular weight excluding hydrogens is 362 g/mol. The molecule has 0 spiro atoms. The van der Waals surface area contributed by atoms with Gasteiger partial charge in [-0.1, -0.05) is 15.9 Å². The number of hydrogen-bond donors (Lipinski definition) is 0. The normalized spacial score (nSPS) is 10.9. The van der Waals surface area contributed by atoms with Crippen molar-refractivity contribution in [1.82, 2.24) is 4.98 Å². The number of pyridine rings is 1. The molecule has 0 radical (unpaired) electrons. The van der Waals surface area contributed by atoms with Crippen molar-refractivity contribution in [3.05, 3.63) is 26.8 Å². The van der Waals surface area contributed by atoms with Crippen LogP contribution >= 0.6 is 38.5 Å². The minimum Gasteiger partial charge on any atom is -0.238 e. The van der Waals surface area contributed by atoms with E-state index in [1.165, 1.54) is 6.07 Å². The Morgan fingerprint density at radius 3 is 2.62 bits per heavy atom. The molecule has 1 aromatic heterocycles. The Morgan fingerprint density at radius 2 is 2.15 bits per heavy atom. The number of hydrogen-bond acceptors (Lipinski definition) is 1. The summed E-state index contributed by atoms with van der Waals surface area (Å²) in [6.45, 7) is 0. The first-order valence-electron chi connectivity index (χ1n) is 3.25. The summed E-state index contributed by atoms with van der Waals surface area (Å²) < 4.78 is 37.9. The molecule has 0 saturated heterocycles. The fraction of sp³-hybridized carbons (Fsp3) is 0.286. The molecule has 0 atom stereocenters. The zero-order valence-electron chi connectivity index (χ0n) is 6.20. The average Bonchev–Trinajstić information content (AvgIpc) is 2.08. The second-order valence-electron chi connectivity index (χ2n) is 2.24. The van der Waals surface area contributed by atoms with Gasteiger partial charge in [0.05, 0.1) is 0 Å². The van der Waals surface area contributed by atoms with Crippen molar-refractivity contribution in [2.45, 2.75) is 11.8 Å². The Bertz CT molecular complexity index is 319. The molecule has 0 aliphatic rings. The highest BCUT2D eigenvalue weighted by atomic mass is 127. The molecule has 6 heteroatoms. The third kappa shape index (κ3) is 2.55. The Morgan fingerprint density at radius 1 is 1.54 bits per heavy atom. The number of halogens is 5. The Kier molecular flexibility index (Phi) is 3.96. The van der Waals surface area contributed by atoms with Gasteiger partial charge in [0.1, 0.15) is 9.39 Å². The van der Waals surface area contributed by atoms with Crippen LogP contribution in [0.3, 0.4) is 0 Å². The van der Waals surface area contributed by atoms with Crippen molar-refractivity contribution < 1.29 is 13.2 Å². The molecule has 1 rings (SSSR count). The van der Waals surface area contributed by atoms with Gasteiger partial charge in [0.15, 0.2) is 5.82 Å². The number of rotatable bonds is 2. The molecule has 0 unspecified atom stereocenters. The lowest BCUT2D eigenvalue weighted by Gasteiger charge is -2.05. The molecule has 1 aromatic rings. The van der Waals surface area contributed by atoms with Gasteiger partial charge >= 0.3 is 0 Å². The molecule has 0 amide bonds. The van der Waals surface area contributed by atoms with E-state index in [-0.39, 0.29) is 10.9 Å². The first kappa shape index (κ1) is 11.2. The van der Waals surface area contributed by atoms with Crippen LogP contribution in [0.5, 0.6) is 0 Å². The van der Waals surface area contributed by atoms with E-state index in [9.17, 15) is 13.2 Å². The fourth-order valence-corrected chi connectivity index (χ4v) is 1.85. The minimum atomic E-state index is -2.87. The summed E-state index contributed by atoms with van der Waals surface area (Å²) in [5.41, 5.74) is -0.573. The summed E-state index contributed by atoms with van der Waals surface area (Å²) in [4.78, 5) is 3.42. The van der Waals surface area contributed by atoms with Crippen molar-refractivity contribution in [3.63, 3.8) is 0 Å². The summed E-state index contributed by atoms with van der Waals surface area (Å²) in [5, 5.41) is 0.205. The van der Waals surface area contributed by atoms with Crippen LogP contribution in [0.15, 0.2) is 6.07 Å². The molecule has 0 bridgehead atoms. The largest absolute Gasteiger partial charge is 0.283 e. The Hall–Kier alpha value is 0.150. The molecule has 1 nitrogen and oxygen atoms in total. The molecule has 1 heterocycles.